The SMILES string of the molecule is O=C(c1cscn1)N1CCC(N2CCC[C@H](C(=O)N3CCCC3)C2)CC1. The molecule has 1 aromatic heterocycles. The molecule has 4 heterocycles. The summed E-state index contributed by atoms with van der Waals surface area (Å²) in [4.78, 5) is 35.8. The molecule has 0 spiro atoms. The van der Waals surface area contributed by atoms with Crippen LogP contribution < -0.4 is 0 Å². The molecule has 0 aliphatic carbocycles. The number of aromatic nitrogens is 1. The molecule has 7 heteroatoms. The van der Waals surface area contributed by atoms with Crippen molar-refractivity contribution in [1.29, 1.82) is 0 Å². The summed E-state index contributed by atoms with van der Waals surface area (Å²) < 4.78 is 0. The Morgan fingerprint density at radius 2 is 1.73 bits per heavy atom. The zero-order chi connectivity index (χ0) is 17.9. The molecule has 6 nitrogen and oxygen atoms in total. The molecular formula is C19H28N4O2S. The van der Waals surface area contributed by atoms with Crippen molar-refractivity contribution in [1.82, 2.24) is 19.7 Å². The highest BCUT2D eigenvalue weighted by molar-refractivity contribution is 7.07. The molecule has 142 valence electrons. The van der Waals surface area contributed by atoms with Crippen molar-refractivity contribution < 1.29 is 9.59 Å². The van der Waals surface area contributed by atoms with E-state index < -0.39 is 0 Å². The normalized spacial score (nSPS) is 25.6. The van der Waals surface area contributed by atoms with Gasteiger partial charge >= 0.3 is 0 Å². The minimum atomic E-state index is 0.0606. The largest absolute Gasteiger partial charge is 0.342 e. The van der Waals surface area contributed by atoms with E-state index in [1.165, 1.54) is 11.3 Å². The average Bonchev–Trinajstić information content (AvgIpc) is 3.41. The van der Waals surface area contributed by atoms with E-state index in [1.54, 1.807) is 5.51 Å². The summed E-state index contributed by atoms with van der Waals surface area (Å²) in [6.45, 7) is 5.48. The van der Waals surface area contributed by atoms with Gasteiger partial charge in [-0.2, -0.15) is 0 Å². The average molecular weight is 377 g/mol. The number of thiazole rings is 1. The Bertz CT molecular complexity index is 621. The molecule has 0 radical (unpaired) electrons. The molecule has 0 N–H and O–H groups in total. The van der Waals surface area contributed by atoms with Crippen LogP contribution >= 0.6 is 11.3 Å². The highest BCUT2D eigenvalue weighted by Crippen LogP contribution is 2.26. The lowest BCUT2D eigenvalue weighted by Crippen LogP contribution is -2.51. The van der Waals surface area contributed by atoms with Gasteiger partial charge in [0.1, 0.15) is 5.69 Å². The number of likely N-dealkylation sites (tertiary alicyclic amines) is 3. The maximum Gasteiger partial charge on any atom is 0.273 e. The fraction of sp³-hybridized carbons (Fsp3) is 0.737. The molecule has 1 atom stereocenters. The van der Waals surface area contributed by atoms with E-state index in [-0.39, 0.29) is 11.8 Å². The van der Waals surface area contributed by atoms with Crippen LogP contribution in [-0.4, -0.2) is 76.8 Å². The predicted octanol–water partition coefficient (Wildman–Crippen LogP) is 2.08. The molecule has 0 bridgehead atoms. The monoisotopic (exact) mass is 376 g/mol. The van der Waals surface area contributed by atoms with Gasteiger partial charge in [0, 0.05) is 44.1 Å². The van der Waals surface area contributed by atoms with Gasteiger partial charge < -0.3 is 9.80 Å². The molecule has 1 aromatic rings. The van der Waals surface area contributed by atoms with Gasteiger partial charge in [0.15, 0.2) is 0 Å². The molecule has 3 saturated heterocycles. The van der Waals surface area contributed by atoms with E-state index in [0.717, 1.165) is 77.8 Å². The summed E-state index contributed by atoms with van der Waals surface area (Å²) in [6, 6.07) is 0.503. The van der Waals surface area contributed by atoms with Crippen LogP contribution in [-0.2, 0) is 4.79 Å². The highest BCUT2D eigenvalue weighted by Gasteiger charge is 2.34. The van der Waals surface area contributed by atoms with Crippen LogP contribution in [0, 0.1) is 5.92 Å². The summed E-state index contributed by atoms with van der Waals surface area (Å²) in [7, 11) is 0. The maximum absolute atomic E-state index is 12.7. The van der Waals surface area contributed by atoms with Crippen LogP contribution in [0.25, 0.3) is 0 Å². The maximum atomic E-state index is 12.7. The van der Waals surface area contributed by atoms with Gasteiger partial charge in [0.25, 0.3) is 5.91 Å². The predicted molar refractivity (Wildman–Crippen MR) is 101 cm³/mol. The fourth-order valence-corrected chi connectivity index (χ4v) is 5.18. The van der Waals surface area contributed by atoms with Gasteiger partial charge in [-0.3, -0.25) is 14.5 Å². The summed E-state index contributed by atoms with van der Waals surface area (Å²) in [5, 5.41) is 1.83. The topological polar surface area (TPSA) is 56.8 Å². The lowest BCUT2D eigenvalue weighted by atomic mass is 9.93. The van der Waals surface area contributed by atoms with Crippen LogP contribution in [0.15, 0.2) is 10.9 Å². The lowest BCUT2D eigenvalue weighted by Gasteiger charge is -2.42. The van der Waals surface area contributed by atoms with E-state index in [9.17, 15) is 9.59 Å². The van der Waals surface area contributed by atoms with Crippen molar-refractivity contribution in [2.75, 3.05) is 39.3 Å². The number of hydrogen-bond donors (Lipinski definition) is 0. The molecule has 0 saturated carbocycles. The third-order valence-corrected chi connectivity index (χ3v) is 6.73. The molecule has 3 fully saturated rings. The number of nitrogens with zero attached hydrogens (tertiary/aromatic N) is 4. The van der Waals surface area contributed by atoms with Gasteiger partial charge in [-0.15, -0.1) is 11.3 Å². The number of rotatable bonds is 3. The number of hydrogen-bond acceptors (Lipinski definition) is 5. The van der Waals surface area contributed by atoms with Crippen LogP contribution in [0.2, 0.25) is 0 Å². The van der Waals surface area contributed by atoms with Crippen molar-refractivity contribution in [2.24, 2.45) is 5.92 Å². The highest BCUT2D eigenvalue weighted by atomic mass is 32.1. The Balaban J connectivity index is 1.30. The first-order valence-electron chi connectivity index (χ1n) is 9.92. The van der Waals surface area contributed by atoms with Gasteiger partial charge in [-0.05, 0) is 45.1 Å². The Kier molecular flexibility index (Phi) is 5.55. The summed E-state index contributed by atoms with van der Waals surface area (Å²) >= 11 is 1.47. The fourth-order valence-electron chi connectivity index (χ4n) is 4.65. The molecule has 3 aliphatic heterocycles. The molecular weight excluding hydrogens is 348 g/mol. The van der Waals surface area contributed by atoms with Crippen molar-refractivity contribution in [3.63, 3.8) is 0 Å². The number of amides is 2. The number of carbonyl (C=O) groups excluding carboxylic acids is 2. The number of carbonyl (C=O) groups is 2. The second-order valence-corrected chi connectivity index (χ2v) is 8.48. The van der Waals surface area contributed by atoms with Gasteiger partial charge in [0.2, 0.25) is 5.91 Å². The number of piperidine rings is 2. The van der Waals surface area contributed by atoms with Crippen LogP contribution in [0.1, 0.15) is 49.0 Å². The van der Waals surface area contributed by atoms with Crippen molar-refractivity contribution >= 4 is 23.2 Å². The standard InChI is InChI=1S/C19H28N4O2S/c24-18(21-7-1-2-8-21)15-4-3-9-23(12-15)16-5-10-22(11-6-16)19(25)17-13-26-14-20-17/h13-16H,1-12H2/t15-/m0/s1. The molecule has 2 amide bonds. The van der Waals surface area contributed by atoms with Crippen LogP contribution in [0.3, 0.4) is 0 Å². The second kappa shape index (κ2) is 8.05. The molecule has 3 aliphatic rings. The Hall–Kier alpha value is -1.47. The van der Waals surface area contributed by atoms with Crippen molar-refractivity contribution in [3.8, 4) is 0 Å². The third-order valence-electron chi connectivity index (χ3n) is 6.14. The van der Waals surface area contributed by atoms with E-state index in [1.807, 2.05) is 10.3 Å². The van der Waals surface area contributed by atoms with E-state index in [2.05, 4.69) is 14.8 Å². The Morgan fingerprint density at radius 1 is 0.962 bits per heavy atom. The quantitative estimate of drug-likeness (QED) is 0.811. The van der Waals surface area contributed by atoms with Crippen molar-refractivity contribution in [2.45, 2.75) is 44.6 Å². The minimum Gasteiger partial charge on any atom is -0.342 e. The second-order valence-electron chi connectivity index (χ2n) is 7.76. The molecule has 0 aromatic carbocycles. The first kappa shape index (κ1) is 17.9. The smallest absolute Gasteiger partial charge is 0.273 e. The Morgan fingerprint density at radius 3 is 2.42 bits per heavy atom. The first-order valence-corrected chi connectivity index (χ1v) is 10.9. The van der Waals surface area contributed by atoms with Crippen LogP contribution in [0.4, 0.5) is 0 Å². The third kappa shape index (κ3) is 3.78. The van der Waals surface area contributed by atoms with Gasteiger partial charge in [0.05, 0.1) is 11.4 Å². The van der Waals surface area contributed by atoms with E-state index >= 15 is 0 Å². The zero-order valence-corrected chi connectivity index (χ0v) is 16.1. The minimum absolute atomic E-state index is 0.0606. The van der Waals surface area contributed by atoms with E-state index in [4.69, 9.17) is 0 Å². The van der Waals surface area contributed by atoms with Gasteiger partial charge in [-0.25, -0.2) is 4.98 Å². The summed E-state index contributed by atoms with van der Waals surface area (Å²) in [6.07, 6.45) is 6.47. The summed E-state index contributed by atoms with van der Waals surface area (Å²) in [5.41, 5.74) is 2.29. The molecule has 4 rings (SSSR count). The van der Waals surface area contributed by atoms with Crippen molar-refractivity contribution in [3.05, 3.63) is 16.6 Å². The van der Waals surface area contributed by atoms with E-state index in [0.29, 0.717) is 17.6 Å². The zero-order valence-electron chi connectivity index (χ0n) is 15.3. The molecule has 0 unspecified atom stereocenters. The van der Waals surface area contributed by atoms with Gasteiger partial charge in [-0.1, -0.05) is 0 Å². The first-order chi connectivity index (χ1) is 12.7. The molecule has 26 heavy (non-hydrogen) atoms. The van der Waals surface area contributed by atoms with Crippen LogP contribution in [0.5, 0.6) is 0 Å². The Labute approximate surface area is 159 Å². The lowest BCUT2D eigenvalue weighted by molar-refractivity contribution is -0.136. The summed E-state index contributed by atoms with van der Waals surface area (Å²) in [5.74, 6) is 0.616.